The Morgan fingerprint density at radius 1 is 1.32 bits per heavy atom. The minimum absolute atomic E-state index is 0.152. The topological polar surface area (TPSA) is 80.0 Å². The van der Waals surface area contributed by atoms with Crippen molar-refractivity contribution in [3.8, 4) is 0 Å². The number of rotatable bonds is 4. The molecule has 1 aromatic carbocycles. The first-order valence-corrected chi connectivity index (χ1v) is 5.95. The summed E-state index contributed by atoms with van der Waals surface area (Å²) < 4.78 is 0. The summed E-state index contributed by atoms with van der Waals surface area (Å²) in [4.78, 5) is 15.9. The van der Waals surface area contributed by atoms with Crippen molar-refractivity contribution in [1.82, 2.24) is 10.3 Å². The van der Waals surface area contributed by atoms with Crippen LogP contribution in [-0.4, -0.2) is 10.9 Å². The second-order valence-corrected chi connectivity index (χ2v) is 4.25. The summed E-state index contributed by atoms with van der Waals surface area (Å²) in [5.41, 5.74) is 5.18. The number of amides is 1. The van der Waals surface area contributed by atoms with E-state index in [-0.39, 0.29) is 5.91 Å². The Balaban J connectivity index is 2.01. The second kappa shape index (κ2) is 5.97. The molecule has 0 spiro atoms. The molecule has 0 aliphatic carbocycles. The molecule has 5 nitrogen and oxygen atoms in total. The summed E-state index contributed by atoms with van der Waals surface area (Å²) in [7, 11) is 0. The zero-order chi connectivity index (χ0) is 13.7. The molecule has 1 aromatic heterocycles. The highest BCUT2D eigenvalue weighted by atomic mass is 16.1. The van der Waals surface area contributed by atoms with Crippen LogP contribution in [0, 0.1) is 6.92 Å². The molecule has 2 aromatic rings. The van der Waals surface area contributed by atoms with E-state index in [1.54, 1.807) is 12.1 Å². The number of nitrogens with two attached hydrogens (primary N) is 1. The van der Waals surface area contributed by atoms with Crippen molar-refractivity contribution in [3.63, 3.8) is 0 Å². The molecule has 0 fully saturated rings. The number of carbonyl (C=O) groups is 1. The van der Waals surface area contributed by atoms with Gasteiger partial charge in [0.15, 0.2) is 0 Å². The number of hydrazine groups is 1. The van der Waals surface area contributed by atoms with E-state index in [4.69, 9.17) is 5.84 Å². The van der Waals surface area contributed by atoms with Crippen LogP contribution in [-0.2, 0) is 6.54 Å². The Morgan fingerprint density at radius 3 is 2.89 bits per heavy atom. The molecule has 0 bridgehead atoms. The van der Waals surface area contributed by atoms with Crippen molar-refractivity contribution in [2.24, 2.45) is 5.84 Å². The third-order valence-electron chi connectivity index (χ3n) is 2.71. The molecule has 4 N–H and O–H groups in total. The van der Waals surface area contributed by atoms with Crippen molar-refractivity contribution < 1.29 is 4.79 Å². The van der Waals surface area contributed by atoms with Gasteiger partial charge in [-0.2, -0.15) is 0 Å². The Kier molecular flexibility index (Phi) is 4.10. The molecule has 0 saturated heterocycles. The van der Waals surface area contributed by atoms with Crippen LogP contribution in [0.4, 0.5) is 5.82 Å². The summed E-state index contributed by atoms with van der Waals surface area (Å²) in [5, 5.41) is 2.86. The van der Waals surface area contributed by atoms with E-state index in [1.165, 1.54) is 11.8 Å². The van der Waals surface area contributed by atoms with Crippen molar-refractivity contribution in [1.29, 1.82) is 0 Å². The highest BCUT2D eigenvalue weighted by Gasteiger charge is 2.06. The lowest BCUT2D eigenvalue weighted by Gasteiger charge is -2.07. The van der Waals surface area contributed by atoms with E-state index in [2.05, 4.69) is 15.7 Å². The van der Waals surface area contributed by atoms with Crippen LogP contribution in [0.3, 0.4) is 0 Å². The van der Waals surface area contributed by atoms with Gasteiger partial charge >= 0.3 is 0 Å². The number of aryl methyl sites for hydroxylation is 1. The van der Waals surface area contributed by atoms with Crippen LogP contribution in [0.15, 0.2) is 42.6 Å². The normalized spacial score (nSPS) is 10.0. The number of hydrogen-bond acceptors (Lipinski definition) is 4. The first-order chi connectivity index (χ1) is 9.19. The number of anilines is 1. The Bertz CT molecular complexity index is 583. The first kappa shape index (κ1) is 13.0. The van der Waals surface area contributed by atoms with Gasteiger partial charge in [0.25, 0.3) is 5.91 Å². The standard InChI is InChI=1S/C14H16N4O/c1-10-3-2-4-11(7-10)9-17-14(19)12-5-6-16-13(8-12)18-15/h2-8H,9,15H2,1H3,(H,16,18)(H,17,19). The third-order valence-corrected chi connectivity index (χ3v) is 2.71. The molecule has 0 aliphatic heterocycles. The lowest BCUT2D eigenvalue weighted by molar-refractivity contribution is 0.0951. The number of pyridine rings is 1. The molecule has 0 saturated carbocycles. The largest absolute Gasteiger partial charge is 0.348 e. The van der Waals surface area contributed by atoms with Crippen molar-refractivity contribution in [2.75, 3.05) is 5.43 Å². The third kappa shape index (κ3) is 3.53. The van der Waals surface area contributed by atoms with Crippen molar-refractivity contribution in [2.45, 2.75) is 13.5 Å². The van der Waals surface area contributed by atoms with Gasteiger partial charge in [-0.1, -0.05) is 29.8 Å². The molecule has 0 unspecified atom stereocenters. The molecule has 19 heavy (non-hydrogen) atoms. The molecule has 98 valence electrons. The molecular weight excluding hydrogens is 240 g/mol. The molecule has 0 atom stereocenters. The zero-order valence-electron chi connectivity index (χ0n) is 10.7. The predicted octanol–water partition coefficient (Wildman–Crippen LogP) is 1.61. The Morgan fingerprint density at radius 2 is 2.16 bits per heavy atom. The SMILES string of the molecule is Cc1cccc(CNC(=O)c2ccnc(NN)c2)c1. The van der Waals surface area contributed by atoms with Crippen LogP contribution < -0.4 is 16.6 Å². The fraction of sp³-hybridized carbons (Fsp3) is 0.143. The molecular formula is C14H16N4O. The van der Waals surface area contributed by atoms with Gasteiger partial charge in [-0.25, -0.2) is 10.8 Å². The number of nitrogens with one attached hydrogen (secondary N) is 2. The van der Waals surface area contributed by atoms with Gasteiger partial charge in [0.05, 0.1) is 0 Å². The van der Waals surface area contributed by atoms with E-state index >= 15 is 0 Å². The van der Waals surface area contributed by atoms with Crippen LogP contribution >= 0.6 is 0 Å². The van der Waals surface area contributed by atoms with Crippen LogP contribution in [0.2, 0.25) is 0 Å². The Labute approximate surface area is 111 Å². The van der Waals surface area contributed by atoms with Gasteiger partial charge in [0.1, 0.15) is 5.82 Å². The highest BCUT2D eigenvalue weighted by Crippen LogP contribution is 2.07. The maximum absolute atomic E-state index is 12.0. The fourth-order valence-electron chi connectivity index (χ4n) is 1.76. The highest BCUT2D eigenvalue weighted by molar-refractivity contribution is 5.94. The number of nitrogens with zero attached hydrogens (tertiary/aromatic N) is 1. The number of benzene rings is 1. The average molecular weight is 256 g/mol. The van der Waals surface area contributed by atoms with Gasteiger partial charge < -0.3 is 10.7 Å². The van der Waals surface area contributed by atoms with Gasteiger partial charge in [-0.3, -0.25) is 4.79 Å². The second-order valence-electron chi connectivity index (χ2n) is 4.25. The van der Waals surface area contributed by atoms with E-state index in [1.807, 2.05) is 31.2 Å². The molecule has 1 amide bonds. The monoisotopic (exact) mass is 256 g/mol. The van der Waals surface area contributed by atoms with E-state index < -0.39 is 0 Å². The summed E-state index contributed by atoms with van der Waals surface area (Å²) in [5.74, 6) is 5.57. The van der Waals surface area contributed by atoms with Crippen LogP contribution in [0.1, 0.15) is 21.5 Å². The van der Waals surface area contributed by atoms with Gasteiger partial charge in [-0.15, -0.1) is 0 Å². The predicted molar refractivity (Wildman–Crippen MR) is 74.4 cm³/mol. The smallest absolute Gasteiger partial charge is 0.251 e. The fourth-order valence-corrected chi connectivity index (χ4v) is 1.76. The van der Waals surface area contributed by atoms with Crippen LogP contribution in [0.25, 0.3) is 0 Å². The molecule has 0 radical (unpaired) electrons. The molecule has 5 heteroatoms. The molecule has 0 aliphatic rings. The van der Waals surface area contributed by atoms with Crippen LogP contribution in [0.5, 0.6) is 0 Å². The Hall–Kier alpha value is -2.40. The lowest BCUT2D eigenvalue weighted by Crippen LogP contribution is -2.23. The summed E-state index contributed by atoms with van der Waals surface area (Å²) in [6.45, 7) is 2.52. The number of hydrogen-bond donors (Lipinski definition) is 3. The average Bonchev–Trinajstić information content (AvgIpc) is 2.45. The number of aromatic nitrogens is 1. The lowest BCUT2D eigenvalue weighted by atomic mass is 10.1. The van der Waals surface area contributed by atoms with E-state index in [0.29, 0.717) is 17.9 Å². The van der Waals surface area contributed by atoms with E-state index in [9.17, 15) is 4.79 Å². The van der Waals surface area contributed by atoms with Gasteiger partial charge in [0, 0.05) is 18.3 Å². The number of nitrogen functional groups attached to an aromatic ring is 1. The summed E-state index contributed by atoms with van der Waals surface area (Å²) in [6, 6.07) is 11.3. The zero-order valence-corrected chi connectivity index (χ0v) is 10.7. The van der Waals surface area contributed by atoms with Gasteiger partial charge in [-0.05, 0) is 24.6 Å². The number of carbonyl (C=O) groups excluding carboxylic acids is 1. The minimum atomic E-state index is -0.152. The summed E-state index contributed by atoms with van der Waals surface area (Å²) >= 11 is 0. The van der Waals surface area contributed by atoms with Crippen molar-refractivity contribution >= 4 is 11.7 Å². The van der Waals surface area contributed by atoms with Gasteiger partial charge in [0.2, 0.25) is 0 Å². The quantitative estimate of drug-likeness (QED) is 0.573. The summed E-state index contributed by atoms with van der Waals surface area (Å²) in [6.07, 6.45) is 1.54. The molecule has 1 heterocycles. The minimum Gasteiger partial charge on any atom is -0.348 e. The maximum atomic E-state index is 12.0. The molecule has 2 rings (SSSR count). The van der Waals surface area contributed by atoms with Crippen molar-refractivity contribution in [3.05, 3.63) is 59.3 Å². The van der Waals surface area contributed by atoms with E-state index in [0.717, 1.165) is 5.56 Å². The maximum Gasteiger partial charge on any atom is 0.251 e. The first-order valence-electron chi connectivity index (χ1n) is 5.95.